The van der Waals surface area contributed by atoms with E-state index in [2.05, 4.69) is 12.2 Å². The van der Waals surface area contributed by atoms with Crippen LogP contribution in [0.25, 0.3) is 0 Å². The number of hydrogen-bond acceptors (Lipinski definition) is 4. The molecule has 2 rings (SSSR count). The first kappa shape index (κ1) is 16.6. The van der Waals surface area contributed by atoms with Crippen molar-refractivity contribution in [1.82, 2.24) is 10.2 Å². The molecule has 1 heterocycles. The number of ether oxygens (including phenoxy) is 2. The summed E-state index contributed by atoms with van der Waals surface area (Å²) in [6, 6.07) is 5.34. The number of nitrogens with one attached hydrogen (secondary N) is 1. The minimum Gasteiger partial charge on any atom is -0.493 e. The lowest BCUT2D eigenvalue weighted by molar-refractivity contribution is 0.0690. The Kier molecular flexibility index (Phi) is 6.07. The van der Waals surface area contributed by atoms with Crippen LogP contribution in [-0.4, -0.2) is 51.2 Å². The zero-order valence-electron chi connectivity index (χ0n) is 13.7. The molecular formula is C17H26N2O3. The molecule has 1 aliphatic rings. The maximum atomic E-state index is 12.6. The van der Waals surface area contributed by atoms with Gasteiger partial charge in [0.15, 0.2) is 11.5 Å². The highest BCUT2D eigenvalue weighted by Crippen LogP contribution is 2.28. The Balaban J connectivity index is 1.98. The van der Waals surface area contributed by atoms with Gasteiger partial charge in [0, 0.05) is 18.7 Å². The lowest BCUT2D eigenvalue weighted by Crippen LogP contribution is -2.40. The van der Waals surface area contributed by atoms with Crippen molar-refractivity contribution in [2.24, 2.45) is 5.92 Å². The van der Waals surface area contributed by atoms with E-state index in [1.165, 1.54) is 0 Å². The van der Waals surface area contributed by atoms with E-state index >= 15 is 0 Å². The van der Waals surface area contributed by atoms with Crippen LogP contribution in [0.3, 0.4) is 0 Å². The standard InChI is InChI=1S/C17H26N2O3/c1-4-18-12-13-7-9-19(10-8-13)17(20)14-5-6-15(21-2)16(11-14)22-3/h5-6,11,13,18H,4,7-10,12H2,1-3H3. The maximum absolute atomic E-state index is 12.6. The SMILES string of the molecule is CCNCC1CCN(C(=O)c2ccc(OC)c(OC)c2)CC1. The van der Waals surface area contributed by atoms with Crippen molar-refractivity contribution >= 4 is 5.91 Å². The Morgan fingerprint density at radius 1 is 1.23 bits per heavy atom. The van der Waals surface area contributed by atoms with Crippen molar-refractivity contribution in [3.63, 3.8) is 0 Å². The van der Waals surface area contributed by atoms with Crippen molar-refractivity contribution < 1.29 is 14.3 Å². The number of likely N-dealkylation sites (tertiary alicyclic amines) is 1. The van der Waals surface area contributed by atoms with E-state index in [0.29, 0.717) is 23.0 Å². The quantitative estimate of drug-likeness (QED) is 0.875. The van der Waals surface area contributed by atoms with Crippen LogP contribution in [0.2, 0.25) is 0 Å². The van der Waals surface area contributed by atoms with Gasteiger partial charge in [-0.2, -0.15) is 0 Å². The van der Waals surface area contributed by atoms with Gasteiger partial charge in [0.25, 0.3) is 5.91 Å². The number of piperidine rings is 1. The molecule has 5 heteroatoms. The van der Waals surface area contributed by atoms with Crippen molar-refractivity contribution in [3.05, 3.63) is 23.8 Å². The predicted octanol–water partition coefficient (Wildman–Crippen LogP) is 2.17. The van der Waals surface area contributed by atoms with Gasteiger partial charge in [-0.15, -0.1) is 0 Å². The molecule has 1 saturated heterocycles. The fourth-order valence-corrected chi connectivity index (χ4v) is 2.84. The number of carbonyl (C=O) groups excluding carboxylic acids is 1. The monoisotopic (exact) mass is 306 g/mol. The number of nitrogens with zero attached hydrogens (tertiary/aromatic N) is 1. The average Bonchev–Trinajstić information content (AvgIpc) is 2.59. The van der Waals surface area contributed by atoms with Crippen LogP contribution in [0, 0.1) is 5.92 Å². The molecule has 0 saturated carbocycles. The Morgan fingerprint density at radius 2 is 1.91 bits per heavy atom. The van der Waals surface area contributed by atoms with Crippen molar-refractivity contribution in [2.75, 3.05) is 40.4 Å². The van der Waals surface area contributed by atoms with Gasteiger partial charge < -0.3 is 19.7 Å². The highest BCUT2D eigenvalue weighted by Gasteiger charge is 2.24. The summed E-state index contributed by atoms with van der Waals surface area (Å²) in [6.45, 7) is 5.82. The molecule has 1 fully saturated rings. The van der Waals surface area contributed by atoms with Crippen LogP contribution in [0.15, 0.2) is 18.2 Å². The molecule has 1 aromatic rings. The summed E-state index contributed by atoms with van der Waals surface area (Å²) in [5.41, 5.74) is 0.655. The van der Waals surface area contributed by atoms with Crippen LogP contribution in [0.4, 0.5) is 0 Å². The summed E-state index contributed by atoms with van der Waals surface area (Å²) in [7, 11) is 3.17. The van der Waals surface area contributed by atoms with E-state index in [9.17, 15) is 4.79 Å². The lowest BCUT2D eigenvalue weighted by Gasteiger charge is -2.32. The molecule has 0 unspecified atom stereocenters. The van der Waals surface area contributed by atoms with Crippen LogP contribution < -0.4 is 14.8 Å². The first-order valence-electron chi connectivity index (χ1n) is 7.91. The van der Waals surface area contributed by atoms with Gasteiger partial charge in [-0.1, -0.05) is 6.92 Å². The summed E-state index contributed by atoms with van der Waals surface area (Å²) in [5.74, 6) is 1.98. The van der Waals surface area contributed by atoms with Gasteiger partial charge in [-0.25, -0.2) is 0 Å². The van der Waals surface area contributed by atoms with Crippen molar-refractivity contribution in [2.45, 2.75) is 19.8 Å². The topological polar surface area (TPSA) is 50.8 Å². The second kappa shape index (κ2) is 8.03. The molecule has 1 amide bonds. The van der Waals surface area contributed by atoms with E-state index in [4.69, 9.17) is 9.47 Å². The zero-order valence-corrected chi connectivity index (χ0v) is 13.7. The van der Waals surface area contributed by atoms with Gasteiger partial charge >= 0.3 is 0 Å². The van der Waals surface area contributed by atoms with Gasteiger partial charge in [0.05, 0.1) is 14.2 Å². The minimum atomic E-state index is 0.0721. The average molecular weight is 306 g/mol. The number of rotatable bonds is 6. The fourth-order valence-electron chi connectivity index (χ4n) is 2.84. The van der Waals surface area contributed by atoms with Crippen molar-refractivity contribution in [3.8, 4) is 11.5 Å². The second-order valence-corrected chi connectivity index (χ2v) is 5.61. The number of carbonyl (C=O) groups is 1. The van der Waals surface area contributed by atoms with Gasteiger partial charge in [0.2, 0.25) is 0 Å². The fraction of sp³-hybridized carbons (Fsp3) is 0.588. The molecule has 1 aliphatic heterocycles. The second-order valence-electron chi connectivity index (χ2n) is 5.61. The van der Waals surface area contributed by atoms with Crippen LogP contribution in [-0.2, 0) is 0 Å². The normalized spacial score (nSPS) is 15.7. The van der Waals surface area contributed by atoms with Gasteiger partial charge in [0.1, 0.15) is 0 Å². The maximum Gasteiger partial charge on any atom is 0.253 e. The molecule has 5 nitrogen and oxygen atoms in total. The summed E-state index contributed by atoms with van der Waals surface area (Å²) in [5, 5.41) is 3.39. The largest absolute Gasteiger partial charge is 0.493 e. The Morgan fingerprint density at radius 3 is 2.50 bits per heavy atom. The molecular weight excluding hydrogens is 280 g/mol. The smallest absolute Gasteiger partial charge is 0.253 e. The molecule has 1 aromatic carbocycles. The molecule has 0 atom stereocenters. The molecule has 0 bridgehead atoms. The van der Waals surface area contributed by atoms with Crippen LogP contribution >= 0.6 is 0 Å². The third-order valence-corrected chi connectivity index (χ3v) is 4.22. The first-order chi connectivity index (χ1) is 10.7. The molecule has 0 radical (unpaired) electrons. The predicted molar refractivity (Wildman–Crippen MR) is 86.7 cm³/mol. The number of benzene rings is 1. The molecule has 1 N–H and O–H groups in total. The highest BCUT2D eigenvalue weighted by atomic mass is 16.5. The minimum absolute atomic E-state index is 0.0721. The lowest BCUT2D eigenvalue weighted by atomic mass is 9.96. The van der Waals surface area contributed by atoms with Crippen LogP contribution in [0.5, 0.6) is 11.5 Å². The van der Waals surface area contributed by atoms with E-state index in [1.807, 2.05) is 4.90 Å². The first-order valence-corrected chi connectivity index (χ1v) is 7.91. The molecule has 22 heavy (non-hydrogen) atoms. The summed E-state index contributed by atoms with van der Waals surface area (Å²) in [4.78, 5) is 14.5. The summed E-state index contributed by atoms with van der Waals surface area (Å²) in [6.07, 6.45) is 2.12. The Labute approximate surface area is 132 Å². The number of methoxy groups -OCH3 is 2. The zero-order chi connectivity index (χ0) is 15.9. The molecule has 122 valence electrons. The highest BCUT2D eigenvalue weighted by molar-refractivity contribution is 5.95. The van der Waals surface area contributed by atoms with E-state index in [1.54, 1.807) is 32.4 Å². The van der Waals surface area contributed by atoms with E-state index in [0.717, 1.165) is 39.0 Å². The molecule has 0 aromatic heterocycles. The van der Waals surface area contributed by atoms with E-state index in [-0.39, 0.29) is 5.91 Å². The van der Waals surface area contributed by atoms with Crippen molar-refractivity contribution in [1.29, 1.82) is 0 Å². The molecule has 0 aliphatic carbocycles. The van der Waals surface area contributed by atoms with Gasteiger partial charge in [-0.3, -0.25) is 4.79 Å². The Bertz CT molecular complexity index is 497. The van der Waals surface area contributed by atoms with Gasteiger partial charge in [-0.05, 0) is 50.0 Å². The number of amides is 1. The summed E-state index contributed by atoms with van der Waals surface area (Å²) < 4.78 is 10.5. The number of hydrogen-bond donors (Lipinski definition) is 1. The van der Waals surface area contributed by atoms with E-state index < -0.39 is 0 Å². The third-order valence-electron chi connectivity index (χ3n) is 4.22. The van der Waals surface area contributed by atoms with Crippen LogP contribution in [0.1, 0.15) is 30.1 Å². The Hall–Kier alpha value is -1.75. The third kappa shape index (κ3) is 3.91. The molecule has 0 spiro atoms. The summed E-state index contributed by atoms with van der Waals surface area (Å²) >= 11 is 0.